The number of fused-ring (bicyclic) bond motifs is 1. The molecule has 2 nitrogen and oxygen atoms in total. The van der Waals surface area contributed by atoms with Gasteiger partial charge in [-0.25, -0.2) is 0 Å². The maximum Gasteiger partial charge on any atom is 0.0237 e. The Bertz CT molecular complexity index is 322. The van der Waals surface area contributed by atoms with Crippen LogP contribution in [0.3, 0.4) is 0 Å². The fourth-order valence-corrected chi connectivity index (χ4v) is 2.17. The highest BCUT2D eigenvalue weighted by molar-refractivity contribution is 5.29. The van der Waals surface area contributed by atoms with Crippen molar-refractivity contribution in [2.45, 2.75) is 32.4 Å². The molecule has 2 heteroatoms. The zero-order valence-electron chi connectivity index (χ0n) is 9.45. The van der Waals surface area contributed by atoms with Gasteiger partial charge >= 0.3 is 0 Å². The number of benzene rings is 1. The summed E-state index contributed by atoms with van der Waals surface area (Å²) in [5, 5.41) is 0. The average molecular weight is 204 g/mol. The number of nitrogens with two attached hydrogens (primary N) is 1. The van der Waals surface area contributed by atoms with E-state index in [0.717, 1.165) is 26.1 Å². The van der Waals surface area contributed by atoms with Gasteiger partial charge in [-0.15, -0.1) is 0 Å². The molecular formula is C13H20N2. The van der Waals surface area contributed by atoms with Crippen LogP contribution in [0.1, 0.15) is 24.5 Å². The minimum atomic E-state index is 0.329. The summed E-state index contributed by atoms with van der Waals surface area (Å²) in [7, 11) is 0. The minimum absolute atomic E-state index is 0.329. The van der Waals surface area contributed by atoms with Gasteiger partial charge in [0.1, 0.15) is 0 Å². The Balaban J connectivity index is 1.99. The fourth-order valence-electron chi connectivity index (χ4n) is 2.17. The molecule has 82 valence electrons. The summed E-state index contributed by atoms with van der Waals surface area (Å²) in [5.41, 5.74) is 8.97. The Morgan fingerprint density at radius 1 is 1.33 bits per heavy atom. The van der Waals surface area contributed by atoms with E-state index in [9.17, 15) is 0 Å². The second kappa shape index (κ2) is 4.77. The molecule has 2 N–H and O–H groups in total. The molecule has 1 heterocycles. The van der Waals surface area contributed by atoms with Crippen molar-refractivity contribution in [1.82, 2.24) is 4.90 Å². The topological polar surface area (TPSA) is 29.3 Å². The molecule has 0 saturated carbocycles. The van der Waals surface area contributed by atoms with E-state index in [2.05, 4.69) is 36.1 Å². The molecule has 1 aromatic rings. The summed E-state index contributed by atoms with van der Waals surface area (Å²) in [4.78, 5) is 2.47. The monoisotopic (exact) mass is 204 g/mol. The van der Waals surface area contributed by atoms with Gasteiger partial charge in [0.05, 0.1) is 0 Å². The van der Waals surface area contributed by atoms with Gasteiger partial charge in [-0.2, -0.15) is 0 Å². The zero-order chi connectivity index (χ0) is 10.7. The normalized spacial score (nSPS) is 18.5. The molecule has 0 aliphatic carbocycles. The van der Waals surface area contributed by atoms with Crippen LogP contribution in [0.25, 0.3) is 0 Å². The summed E-state index contributed by atoms with van der Waals surface area (Å²) in [6.45, 7) is 5.42. The fraction of sp³-hybridized carbons (Fsp3) is 0.538. The molecule has 0 amide bonds. The summed E-state index contributed by atoms with van der Waals surface area (Å²) < 4.78 is 0. The van der Waals surface area contributed by atoms with E-state index in [-0.39, 0.29) is 0 Å². The maximum atomic E-state index is 5.98. The van der Waals surface area contributed by atoms with Gasteiger partial charge in [-0.3, -0.25) is 4.90 Å². The molecule has 1 aromatic carbocycles. The van der Waals surface area contributed by atoms with Gasteiger partial charge in [-0.05, 0) is 24.0 Å². The van der Waals surface area contributed by atoms with E-state index in [4.69, 9.17) is 5.73 Å². The van der Waals surface area contributed by atoms with Gasteiger partial charge in [0, 0.05) is 25.7 Å². The van der Waals surface area contributed by atoms with Crippen molar-refractivity contribution in [2.75, 3.05) is 13.1 Å². The predicted molar refractivity (Wildman–Crippen MR) is 63.7 cm³/mol. The largest absolute Gasteiger partial charge is 0.327 e. The van der Waals surface area contributed by atoms with E-state index in [0.29, 0.717) is 6.04 Å². The minimum Gasteiger partial charge on any atom is -0.327 e. The summed E-state index contributed by atoms with van der Waals surface area (Å²) >= 11 is 0. The van der Waals surface area contributed by atoms with Crippen molar-refractivity contribution in [2.24, 2.45) is 5.73 Å². The Kier molecular flexibility index (Phi) is 3.39. The molecule has 1 atom stereocenters. The first-order valence-electron chi connectivity index (χ1n) is 5.84. The highest BCUT2D eigenvalue weighted by atomic mass is 15.1. The van der Waals surface area contributed by atoms with Gasteiger partial charge in [0.25, 0.3) is 0 Å². The molecular weight excluding hydrogens is 184 g/mol. The first kappa shape index (κ1) is 10.7. The van der Waals surface area contributed by atoms with Crippen molar-refractivity contribution < 1.29 is 0 Å². The predicted octanol–water partition coefficient (Wildman–Crippen LogP) is 1.78. The number of hydrogen-bond donors (Lipinski definition) is 1. The van der Waals surface area contributed by atoms with Gasteiger partial charge in [0.2, 0.25) is 0 Å². The molecule has 0 fully saturated rings. The Hall–Kier alpha value is -0.860. The van der Waals surface area contributed by atoms with Crippen molar-refractivity contribution in [1.29, 1.82) is 0 Å². The van der Waals surface area contributed by atoms with Crippen LogP contribution in [0.5, 0.6) is 0 Å². The lowest BCUT2D eigenvalue weighted by Gasteiger charge is -2.30. The van der Waals surface area contributed by atoms with Crippen LogP contribution in [-0.2, 0) is 13.0 Å². The van der Waals surface area contributed by atoms with E-state index < -0.39 is 0 Å². The van der Waals surface area contributed by atoms with Crippen LogP contribution in [0.2, 0.25) is 0 Å². The van der Waals surface area contributed by atoms with E-state index in [1.807, 2.05) is 0 Å². The summed E-state index contributed by atoms with van der Waals surface area (Å²) in [5.74, 6) is 0. The highest BCUT2D eigenvalue weighted by Crippen LogP contribution is 2.18. The smallest absolute Gasteiger partial charge is 0.0237 e. The molecule has 0 aromatic heterocycles. The highest BCUT2D eigenvalue weighted by Gasteiger charge is 2.16. The molecule has 15 heavy (non-hydrogen) atoms. The van der Waals surface area contributed by atoms with Crippen molar-refractivity contribution in [3.05, 3.63) is 35.4 Å². The van der Waals surface area contributed by atoms with Crippen LogP contribution in [0, 0.1) is 0 Å². The zero-order valence-corrected chi connectivity index (χ0v) is 9.45. The van der Waals surface area contributed by atoms with Crippen LogP contribution >= 0.6 is 0 Å². The first-order valence-corrected chi connectivity index (χ1v) is 5.84. The quantitative estimate of drug-likeness (QED) is 0.813. The maximum absolute atomic E-state index is 5.98. The van der Waals surface area contributed by atoms with Crippen LogP contribution in [0.15, 0.2) is 24.3 Å². The summed E-state index contributed by atoms with van der Waals surface area (Å²) in [6.07, 6.45) is 2.24. The first-order chi connectivity index (χ1) is 7.29. The van der Waals surface area contributed by atoms with Crippen LogP contribution in [0.4, 0.5) is 0 Å². The molecule has 1 unspecified atom stereocenters. The van der Waals surface area contributed by atoms with Crippen molar-refractivity contribution >= 4 is 0 Å². The van der Waals surface area contributed by atoms with E-state index in [1.54, 1.807) is 0 Å². The number of rotatable bonds is 3. The lowest BCUT2D eigenvalue weighted by Crippen LogP contribution is -2.39. The Morgan fingerprint density at radius 2 is 2.07 bits per heavy atom. The van der Waals surface area contributed by atoms with Crippen LogP contribution < -0.4 is 5.73 Å². The lowest BCUT2D eigenvalue weighted by atomic mass is 9.99. The third-order valence-corrected chi connectivity index (χ3v) is 3.23. The van der Waals surface area contributed by atoms with Crippen molar-refractivity contribution in [3.8, 4) is 0 Å². The lowest BCUT2D eigenvalue weighted by molar-refractivity contribution is 0.236. The molecule has 1 aliphatic rings. The van der Waals surface area contributed by atoms with Gasteiger partial charge < -0.3 is 5.73 Å². The van der Waals surface area contributed by atoms with Crippen LogP contribution in [-0.4, -0.2) is 24.0 Å². The Labute approximate surface area is 92.1 Å². The molecule has 2 rings (SSSR count). The Morgan fingerprint density at radius 3 is 2.80 bits per heavy atom. The van der Waals surface area contributed by atoms with E-state index >= 15 is 0 Å². The number of nitrogens with zero attached hydrogens (tertiary/aromatic N) is 1. The van der Waals surface area contributed by atoms with E-state index in [1.165, 1.54) is 17.5 Å². The third-order valence-electron chi connectivity index (χ3n) is 3.23. The average Bonchev–Trinajstić information content (AvgIpc) is 2.29. The standard InChI is InChI=1S/C13H20N2/c1-2-13(14)10-15-8-7-11-5-3-4-6-12(11)9-15/h3-6,13H,2,7-10,14H2,1H3. The van der Waals surface area contributed by atoms with Gasteiger partial charge in [-0.1, -0.05) is 31.2 Å². The molecule has 0 bridgehead atoms. The van der Waals surface area contributed by atoms with Crippen molar-refractivity contribution in [3.63, 3.8) is 0 Å². The second-order valence-corrected chi connectivity index (χ2v) is 4.42. The van der Waals surface area contributed by atoms with Gasteiger partial charge in [0.15, 0.2) is 0 Å². The molecule has 0 spiro atoms. The number of hydrogen-bond acceptors (Lipinski definition) is 2. The third kappa shape index (κ3) is 2.58. The molecule has 1 aliphatic heterocycles. The summed E-state index contributed by atoms with van der Waals surface area (Å²) in [6, 6.07) is 9.06. The SMILES string of the molecule is CCC(N)CN1CCc2ccccc2C1. The second-order valence-electron chi connectivity index (χ2n) is 4.42. The molecule has 0 radical (unpaired) electrons. The molecule has 0 saturated heterocycles.